The van der Waals surface area contributed by atoms with Gasteiger partial charge >= 0.3 is 6.03 Å². The molecule has 1 heterocycles. The Bertz CT molecular complexity index is 1170. The Balaban J connectivity index is 1.78. The Morgan fingerprint density at radius 2 is 1.81 bits per heavy atom. The van der Waals surface area contributed by atoms with E-state index in [9.17, 15) is 22.8 Å². The topological polar surface area (TPSA) is 116 Å². The van der Waals surface area contributed by atoms with Crippen LogP contribution in [0.2, 0.25) is 5.02 Å². The second-order valence-corrected chi connectivity index (χ2v) is 10.3. The summed E-state index contributed by atoms with van der Waals surface area (Å²) in [6, 6.07) is 12.3. The van der Waals surface area contributed by atoms with Crippen LogP contribution in [0.15, 0.2) is 53.4 Å². The highest BCUT2D eigenvalue weighted by atomic mass is 35.5. The van der Waals surface area contributed by atoms with Gasteiger partial charge in [0.25, 0.3) is 11.8 Å². The third-order valence-electron chi connectivity index (χ3n) is 5.19. The number of aryl methyl sites for hydroxylation is 1. The highest BCUT2D eigenvalue weighted by Crippen LogP contribution is 2.25. The number of carbonyl (C=O) groups excluding carboxylic acids is 3. The van der Waals surface area contributed by atoms with Crippen molar-refractivity contribution >= 4 is 39.5 Å². The molecule has 1 aliphatic rings. The number of carbonyl (C=O) groups is 3. The summed E-state index contributed by atoms with van der Waals surface area (Å²) >= 11 is 6.08. The first-order chi connectivity index (χ1) is 15.0. The van der Waals surface area contributed by atoms with Gasteiger partial charge in [0.1, 0.15) is 5.54 Å². The van der Waals surface area contributed by atoms with Crippen LogP contribution in [-0.4, -0.2) is 55.2 Å². The molecule has 0 bridgehead atoms. The molecular weight excluding hydrogens is 456 g/mol. The van der Waals surface area contributed by atoms with Gasteiger partial charge in [-0.1, -0.05) is 41.9 Å². The maximum atomic E-state index is 12.9. The van der Waals surface area contributed by atoms with Gasteiger partial charge in [-0.15, -0.1) is 0 Å². The minimum absolute atomic E-state index is 0.0286. The smallest absolute Gasteiger partial charge is 0.322 e. The molecule has 0 saturated carbocycles. The zero-order valence-electron chi connectivity index (χ0n) is 17.8. The molecule has 1 unspecified atom stereocenters. The summed E-state index contributed by atoms with van der Waals surface area (Å²) in [5, 5.41) is 3.17. The largest absolute Gasteiger partial charge is 0.344 e. The van der Waals surface area contributed by atoms with Gasteiger partial charge in [0.05, 0.1) is 15.5 Å². The fraction of sp³-hybridized carbons (Fsp3) is 0.286. The van der Waals surface area contributed by atoms with Crippen molar-refractivity contribution in [2.24, 2.45) is 0 Å². The van der Waals surface area contributed by atoms with Gasteiger partial charge in [-0.05, 0) is 43.5 Å². The number of nitrogens with zero attached hydrogens (tertiary/aromatic N) is 2. The molecule has 1 atom stereocenters. The molecule has 0 aliphatic carbocycles. The molecule has 1 saturated heterocycles. The molecule has 2 aromatic rings. The molecule has 11 heteroatoms. The molecule has 2 aromatic carbocycles. The fourth-order valence-electron chi connectivity index (χ4n) is 3.21. The Morgan fingerprint density at radius 1 is 1.16 bits per heavy atom. The summed E-state index contributed by atoms with van der Waals surface area (Å²) in [6.45, 7) is 1.58. The minimum atomic E-state index is -3.82. The van der Waals surface area contributed by atoms with E-state index in [1.54, 1.807) is 6.92 Å². The summed E-state index contributed by atoms with van der Waals surface area (Å²) in [7, 11) is -1.11. The molecule has 1 aliphatic heterocycles. The van der Waals surface area contributed by atoms with Crippen LogP contribution in [0.25, 0.3) is 0 Å². The van der Waals surface area contributed by atoms with Crippen LogP contribution < -0.4 is 10.7 Å². The van der Waals surface area contributed by atoms with E-state index in [-0.39, 0.29) is 15.5 Å². The molecule has 0 aromatic heterocycles. The highest BCUT2D eigenvalue weighted by Gasteiger charge is 2.48. The molecular formula is C21H23ClN4O5S. The van der Waals surface area contributed by atoms with Crippen molar-refractivity contribution < 1.29 is 22.8 Å². The van der Waals surface area contributed by atoms with Crippen molar-refractivity contribution in [3.8, 4) is 0 Å². The Kier molecular flexibility index (Phi) is 6.59. The third-order valence-corrected chi connectivity index (χ3v) is 7.33. The number of amides is 4. The number of hydrazine groups is 1. The Morgan fingerprint density at radius 3 is 2.44 bits per heavy atom. The molecule has 32 heavy (non-hydrogen) atoms. The van der Waals surface area contributed by atoms with Crippen LogP contribution in [0, 0.1) is 0 Å². The van der Waals surface area contributed by atoms with Gasteiger partial charge in [-0.2, -0.15) is 5.01 Å². The van der Waals surface area contributed by atoms with E-state index in [0.29, 0.717) is 17.9 Å². The van der Waals surface area contributed by atoms with E-state index in [1.165, 1.54) is 26.2 Å². The maximum Gasteiger partial charge on any atom is 0.344 e. The zero-order chi connectivity index (χ0) is 23.7. The minimum Gasteiger partial charge on any atom is -0.322 e. The number of halogens is 1. The van der Waals surface area contributed by atoms with Gasteiger partial charge in [0.15, 0.2) is 0 Å². The highest BCUT2D eigenvalue weighted by molar-refractivity contribution is 7.89. The summed E-state index contributed by atoms with van der Waals surface area (Å²) < 4.78 is 25.7. The second kappa shape index (κ2) is 8.89. The van der Waals surface area contributed by atoms with E-state index in [2.05, 4.69) is 10.7 Å². The van der Waals surface area contributed by atoms with Crippen molar-refractivity contribution in [1.82, 2.24) is 20.1 Å². The molecule has 4 amide bonds. The number of rotatable bonds is 7. The fourth-order valence-corrected chi connectivity index (χ4v) is 4.34. The summed E-state index contributed by atoms with van der Waals surface area (Å²) in [4.78, 5) is 38.0. The number of benzene rings is 2. The van der Waals surface area contributed by atoms with Gasteiger partial charge in [-0.25, -0.2) is 17.5 Å². The summed E-state index contributed by atoms with van der Waals surface area (Å²) in [6.07, 6.45) is 0.868. The Hall–Kier alpha value is -2.95. The summed E-state index contributed by atoms with van der Waals surface area (Å²) in [5.74, 6) is -1.51. The monoisotopic (exact) mass is 478 g/mol. The lowest BCUT2D eigenvalue weighted by atomic mass is 9.93. The van der Waals surface area contributed by atoms with E-state index in [1.807, 2.05) is 30.3 Å². The van der Waals surface area contributed by atoms with Crippen molar-refractivity contribution in [1.29, 1.82) is 0 Å². The number of nitrogens with one attached hydrogen (secondary N) is 2. The maximum absolute atomic E-state index is 12.9. The van der Waals surface area contributed by atoms with Crippen molar-refractivity contribution in [2.45, 2.75) is 30.2 Å². The zero-order valence-corrected chi connectivity index (χ0v) is 19.3. The number of hydrogen-bond donors (Lipinski definition) is 2. The van der Waals surface area contributed by atoms with E-state index < -0.39 is 33.4 Å². The number of sulfonamides is 1. The number of urea groups is 1. The van der Waals surface area contributed by atoms with Gasteiger partial charge < -0.3 is 5.32 Å². The molecule has 0 radical (unpaired) electrons. The van der Waals surface area contributed by atoms with Crippen LogP contribution in [0.5, 0.6) is 0 Å². The van der Waals surface area contributed by atoms with Crippen LogP contribution in [-0.2, 0) is 21.2 Å². The predicted octanol–water partition coefficient (Wildman–Crippen LogP) is 2.18. The quantitative estimate of drug-likeness (QED) is 0.592. The first kappa shape index (κ1) is 23.7. The SMILES string of the molecule is CN(C)S(=O)(=O)c1ccc(Cl)c(C(=O)NN2C(=O)NC(C)(CCc3ccccc3)C2=O)c1. The first-order valence-electron chi connectivity index (χ1n) is 9.69. The standard InChI is InChI=1S/C21H23ClN4O5S/c1-21(12-11-14-7-5-4-6-8-14)19(28)26(20(29)23-21)24-18(27)16-13-15(9-10-17(16)22)32(30,31)25(2)3/h4-10,13H,11-12H2,1-3H3,(H,23,29)(H,24,27). The van der Waals surface area contributed by atoms with Crippen LogP contribution in [0.4, 0.5) is 4.79 Å². The lowest BCUT2D eigenvalue weighted by Crippen LogP contribution is -2.49. The predicted molar refractivity (Wildman–Crippen MR) is 118 cm³/mol. The van der Waals surface area contributed by atoms with Crippen LogP contribution >= 0.6 is 11.6 Å². The normalized spacial score (nSPS) is 18.7. The van der Waals surface area contributed by atoms with Crippen molar-refractivity contribution in [2.75, 3.05) is 14.1 Å². The second-order valence-electron chi connectivity index (χ2n) is 7.76. The molecule has 1 fully saturated rings. The van der Waals surface area contributed by atoms with E-state index in [0.717, 1.165) is 15.9 Å². The van der Waals surface area contributed by atoms with E-state index >= 15 is 0 Å². The van der Waals surface area contributed by atoms with Crippen molar-refractivity contribution in [3.05, 3.63) is 64.7 Å². The summed E-state index contributed by atoms with van der Waals surface area (Å²) in [5.41, 5.74) is 1.85. The lowest BCUT2D eigenvalue weighted by Gasteiger charge is -2.21. The van der Waals surface area contributed by atoms with Gasteiger partial charge in [0.2, 0.25) is 10.0 Å². The number of hydrogen-bond acceptors (Lipinski definition) is 5. The first-order valence-corrected chi connectivity index (χ1v) is 11.5. The third kappa shape index (κ3) is 4.62. The van der Waals surface area contributed by atoms with Crippen molar-refractivity contribution in [3.63, 3.8) is 0 Å². The number of imide groups is 1. The van der Waals surface area contributed by atoms with Crippen LogP contribution in [0.1, 0.15) is 29.3 Å². The molecule has 9 nitrogen and oxygen atoms in total. The van der Waals surface area contributed by atoms with Crippen LogP contribution in [0.3, 0.4) is 0 Å². The van der Waals surface area contributed by atoms with E-state index in [4.69, 9.17) is 11.6 Å². The Labute approximate surface area is 191 Å². The average molecular weight is 479 g/mol. The molecule has 0 spiro atoms. The molecule has 3 rings (SSSR count). The molecule has 170 valence electrons. The van der Waals surface area contributed by atoms with Gasteiger partial charge in [0, 0.05) is 14.1 Å². The van der Waals surface area contributed by atoms with Gasteiger partial charge in [-0.3, -0.25) is 15.0 Å². The lowest BCUT2D eigenvalue weighted by molar-refractivity contribution is -0.132. The molecule has 2 N–H and O–H groups in total. The average Bonchev–Trinajstić information content (AvgIpc) is 2.96.